The van der Waals surface area contributed by atoms with Crippen molar-refractivity contribution in [1.29, 1.82) is 0 Å². The van der Waals surface area contributed by atoms with Crippen molar-refractivity contribution in [3.63, 3.8) is 0 Å². The Morgan fingerprint density at radius 1 is 1.36 bits per heavy atom. The van der Waals surface area contributed by atoms with E-state index >= 15 is 0 Å². The minimum absolute atomic E-state index is 0.0299. The Labute approximate surface area is 132 Å². The largest absolute Gasteiger partial charge is 0.384 e. The Morgan fingerprint density at radius 2 is 2.05 bits per heavy atom. The molecule has 0 bridgehead atoms. The molecule has 1 heterocycles. The normalized spacial score (nSPS) is 18.6. The third-order valence-corrected chi connectivity index (χ3v) is 4.39. The number of hydrogen-bond donors (Lipinski definition) is 3. The fourth-order valence-corrected chi connectivity index (χ4v) is 3.00. The zero-order valence-electron chi connectivity index (χ0n) is 13.3. The zero-order chi connectivity index (χ0) is 15.8. The van der Waals surface area contributed by atoms with Gasteiger partial charge in [0.2, 0.25) is 5.91 Å². The minimum Gasteiger partial charge on any atom is -0.384 e. The van der Waals surface area contributed by atoms with Crippen LogP contribution in [-0.4, -0.2) is 45.3 Å². The molecule has 22 heavy (non-hydrogen) atoms. The molecular formula is C17H27N3O2. The summed E-state index contributed by atoms with van der Waals surface area (Å²) in [6, 6.07) is 9.36. The Balaban J connectivity index is 1.85. The average molecular weight is 305 g/mol. The van der Waals surface area contributed by atoms with E-state index in [0.717, 1.165) is 31.5 Å². The molecule has 4 N–H and O–H groups in total. The maximum absolute atomic E-state index is 12.2. The van der Waals surface area contributed by atoms with Crippen molar-refractivity contribution >= 4 is 5.91 Å². The van der Waals surface area contributed by atoms with E-state index in [2.05, 4.69) is 10.6 Å². The van der Waals surface area contributed by atoms with Gasteiger partial charge in [0.05, 0.1) is 12.6 Å². The van der Waals surface area contributed by atoms with Gasteiger partial charge < -0.3 is 21.1 Å². The highest BCUT2D eigenvalue weighted by molar-refractivity contribution is 5.81. The Kier molecular flexibility index (Phi) is 6.36. The summed E-state index contributed by atoms with van der Waals surface area (Å²) < 4.78 is 5.36. The number of nitrogens with two attached hydrogens (primary N) is 1. The van der Waals surface area contributed by atoms with Crippen molar-refractivity contribution in [3.8, 4) is 0 Å². The van der Waals surface area contributed by atoms with Gasteiger partial charge in [-0.2, -0.15) is 0 Å². The molecule has 0 saturated carbocycles. The number of benzene rings is 1. The Bertz CT molecular complexity index is 453. The van der Waals surface area contributed by atoms with E-state index in [-0.39, 0.29) is 11.3 Å². The number of methoxy groups -OCH3 is 1. The van der Waals surface area contributed by atoms with Crippen LogP contribution in [0.5, 0.6) is 0 Å². The second-order valence-electron chi connectivity index (χ2n) is 6.20. The highest BCUT2D eigenvalue weighted by Gasteiger charge is 2.32. The number of carbonyl (C=O) groups excluding carboxylic acids is 1. The molecule has 1 fully saturated rings. The van der Waals surface area contributed by atoms with Crippen LogP contribution in [0.4, 0.5) is 0 Å². The quantitative estimate of drug-likeness (QED) is 0.693. The van der Waals surface area contributed by atoms with Gasteiger partial charge in [-0.1, -0.05) is 30.3 Å². The van der Waals surface area contributed by atoms with Crippen molar-refractivity contribution in [2.75, 3.05) is 33.4 Å². The van der Waals surface area contributed by atoms with Gasteiger partial charge >= 0.3 is 0 Å². The summed E-state index contributed by atoms with van der Waals surface area (Å²) in [5.74, 6) is -0.0853. The molecule has 0 radical (unpaired) electrons. The van der Waals surface area contributed by atoms with Crippen LogP contribution in [0.2, 0.25) is 0 Å². The number of hydrogen-bond acceptors (Lipinski definition) is 4. The highest BCUT2D eigenvalue weighted by atomic mass is 16.5. The lowest BCUT2D eigenvalue weighted by molar-refractivity contribution is -0.123. The van der Waals surface area contributed by atoms with E-state index in [0.29, 0.717) is 19.6 Å². The van der Waals surface area contributed by atoms with Gasteiger partial charge in [0, 0.05) is 19.1 Å². The molecule has 1 aliphatic rings. The SMILES string of the molecule is COCC1(CNC(=O)[C@@H](N)Cc2ccccc2)CCNCC1. The summed E-state index contributed by atoms with van der Waals surface area (Å²) in [6.07, 6.45) is 2.58. The highest BCUT2D eigenvalue weighted by Crippen LogP contribution is 2.28. The standard InChI is InChI=1S/C17H27N3O2/c1-22-13-17(7-9-19-10-8-17)12-20-16(21)15(18)11-14-5-3-2-4-6-14/h2-6,15,19H,7-13,18H2,1H3,(H,20,21)/t15-/m0/s1. The Morgan fingerprint density at radius 3 is 2.68 bits per heavy atom. The van der Waals surface area contributed by atoms with Crippen LogP contribution in [0.25, 0.3) is 0 Å². The first-order valence-electron chi connectivity index (χ1n) is 7.92. The lowest BCUT2D eigenvalue weighted by atomic mass is 9.79. The van der Waals surface area contributed by atoms with Crippen LogP contribution in [0.1, 0.15) is 18.4 Å². The first-order chi connectivity index (χ1) is 10.7. The molecule has 5 nitrogen and oxygen atoms in total. The molecule has 0 aliphatic carbocycles. The molecule has 1 aromatic carbocycles. The van der Waals surface area contributed by atoms with Crippen molar-refractivity contribution in [2.45, 2.75) is 25.3 Å². The number of nitrogens with one attached hydrogen (secondary N) is 2. The lowest BCUT2D eigenvalue weighted by Gasteiger charge is -2.37. The molecule has 0 spiro atoms. The van der Waals surface area contributed by atoms with E-state index in [9.17, 15) is 4.79 Å². The van der Waals surface area contributed by atoms with Gasteiger partial charge in [-0.05, 0) is 37.9 Å². The molecule has 1 aromatic rings. The molecular weight excluding hydrogens is 278 g/mol. The van der Waals surface area contributed by atoms with Crippen LogP contribution >= 0.6 is 0 Å². The molecule has 5 heteroatoms. The van der Waals surface area contributed by atoms with Gasteiger partial charge in [-0.25, -0.2) is 0 Å². The number of amides is 1. The first kappa shape index (κ1) is 16.9. The molecule has 1 atom stereocenters. The van der Waals surface area contributed by atoms with Crippen molar-refractivity contribution < 1.29 is 9.53 Å². The van der Waals surface area contributed by atoms with E-state index in [1.807, 2.05) is 30.3 Å². The molecule has 0 aromatic heterocycles. The van der Waals surface area contributed by atoms with Crippen LogP contribution in [0, 0.1) is 5.41 Å². The molecule has 2 rings (SSSR count). The molecule has 1 aliphatic heterocycles. The molecule has 1 amide bonds. The summed E-state index contributed by atoms with van der Waals surface area (Å²) >= 11 is 0. The van der Waals surface area contributed by atoms with Crippen LogP contribution in [0.15, 0.2) is 30.3 Å². The number of piperidine rings is 1. The molecule has 0 unspecified atom stereocenters. The summed E-state index contributed by atoms with van der Waals surface area (Å²) in [4.78, 5) is 12.2. The third-order valence-electron chi connectivity index (χ3n) is 4.39. The van der Waals surface area contributed by atoms with Crippen molar-refractivity contribution in [2.24, 2.45) is 11.1 Å². The molecule has 122 valence electrons. The van der Waals surface area contributed by atoms with Gasteiger partial charge in [0.25, 0.3) is 0 Å². The minimum atomic E-state index is -0.510. The maximum atomic E-state index is 12.2. The predicted molar refractivity (Wildman–Crippen MR) is 87.5 cm³/mol. The smallest absolute Gasteiger partial charge is 0.237 e. The first-order valence-corrected chi connectivity index (χ1v) is 7.92. The van der Waals surface area contributed by atoms with Crippen molar-refractivity contribution in [1.82, 2.24) is 10.6 Å². The topological polar surface area (TPSA) is 76.4 Å². The monoisotopic (exact) mass is 305 g/mol. The Hall–Kier alpha value is -1.43. The summed E-state index contributed by atoms with van der Waals surface area (Å²) in [7, 11) is 1.72. The van der Waals surface area contributed by atoms with Gasteiger partial charge in [0.1, 0.15) is 0 Å². The average Bonchev–Trinajstić information content (AvgIpc) is 2.55. The maximum Gasteiger partial charge on any atom is 0.237 e. The van der Waals surface area contributed by atoms with Gasteiger partial charge in [-0.15, -0.1) is 0 Å². The fourth-order valence-electron chi connectivity index (χ4n) is 3.00. The predicted octanol–water partition coefficient (Wildman–Crippen LogP) is 0.689. The van der Waals surface area contributed by atoms with E-state index in [1.54, 1.807) is 7.11 Å². The van der Waals surface area contributed by atoms with Gasteiger partial charge in [0.15, 0.2) is 0 Å². The fraction of sp³-hybridized carbons (Fsp3) is 0.588. The van der Waals surface area contributed by atoms with E-state index in [4.69, 9.17) is 10.5 Å². The number of carbonyl (C=O) groups is 1. The zero-order valence-corrected chi connectivity index (χ0v) is 13.3. The van der Waals surface area contributed by atoms with E-state index in [1.165, 1.54) is 0 Å². The van der Waals surface area contributed by atoms with Crippen molar-refractivity contribution in [3.05, 3.63) is 35.9 Å². The second kappa shape index (κ2) is 8.27. The second-order valence-corrected chi connectivity index (χ2v) is 6.20. The summed E-state index contributed by atoms with van der Waals surface area (Å²) in [5.41, 5.74) is 7.14. The van der Waals surface area contributed by atoms with Crippen LogP contribution in [0.3, 0.4) is 0 Å². The number of ether oxygens (including phenoxy) is 1. The van der Waals surface area contributed by atoms with Crippen LogP contribution < -0.4 is 16.4 Å². The third kappa shape index (κ3) is 4.80. The molecule has 1 saturated heterocycles. The summed E-state index contributed by atoms with van der Waals surface area (Å²) in [5, 5.41) is 6.37. The van der Waals surface area contributed by atoms with Gasteiger partial charge in [-0.3, -0.25) is 4.79 Å². The van der Waals surface area contributed by atoms with E-state index < -0.39 is 6.04 Å². The summed E-state index contributed by atoms with van der Waals surface area (Å²) in [6.45, 7) is 3.23. The van der Waals surface area contributed by atoms with Crippen LogP contribution in [-0.2, 0) is 16.0 Å². The number of rotatable bonds is 7. The lowest BCUT2D eigenvalue weighted by Crippen LogP contribution is -2.50.